The summed E-state index contributed by atoms with van der Waals surface area (Å²) < 4.78 is 5.39. The van der Waals surface area contributed by atoms with Gasteiger partial charge in [-0.3, -0.25) is 14.4 Å². The van der Waals surface area contributed by atoms with Gasteiger partial charge in [-0.05, 0) is 32.4 Å². The molecule has 0 saturated carbocycles. The molecule has 0 heterocycles. The highest BCUT2D eigenvalue weighted by Gasteiger charge is 2.22. The van der Waals surface area contributed by atoms with Crippen molar-refractivity contribution in [1.29, 1.82) is 0 Å². The van der Waals surface area contributed by atoms with Gasteiger partial charge in [-0.15, -0.1) is 0 Å². The minimum absolute atomic E-state index is 0.221. The maximum atomic E-state index is 12.3. The summed E-state index contributed by atoms with van der Waals surface area (Å²) in [7, 11) is 0. The van der Waals surface area contributed by atoms with Crippen molar-refractivity contribution in [3.05, 3.63) is 29.8 Å². The molecule has 132 valence electrons. The molecule has 2 N–H and O–H groups in total. The number of benzene rings is 1. The number of carbonyl (C=O) groups is 3. The molecule has 7 nitrogen and oxygen atoms in total. The number of amides is 2. The highest BCUT2D eigenvalue weighted by Crippen LogP contribution is 2.17. The summed E-state index contributed by atoms with van der Waals surface area (Å²) in [5.41, 5.74) is 0.334. The lowest BCUT2D eigenvalue weighted by molar-refractivity contribution is -0.145. The molecule has 1 rings (SSSR count). The molecule has 0 aromatic heterocycles. The predicted octanol–water partition coefficient (Wildman–Crippen LogP) is 1.53. The van der Waals surface area contributed by atoms with E-state index in [4.69, 9.17) is 9.84 Å². The van der Waals surface area contributed by atoms with E-state index in [9.17, 15) is 14.4 Å². The van der Waals surface area contributed by atoms with Crippen molar-refractivity contribution < 1.29 is 24.2 Å². The summed E-state index contributed by atoms with van der Waals surface area (Å²) in [6, 6.07) is 6.52. The Hall–Kier alpha value is -2.57. The lowest BCUT2D eigenvalue weighted by Crippen LogP contribution is -2.46. The van der Waals surface area contributed by atoms with Crippen molar-refractivity contribution in [2.45, 2.75) is 33.2 Å². The number of carbonyl (C=O) groups excluding carboxylic acids is 2. The Bertz CT molecular complexity index is 588. The normalized spacial score (nSPS) is 11.5. The maximum absolute atomic E-state index is 12.3. The van der Waals surface area contributed by atoms with Gasteiger partial charge in [-0.25, -0.2) is 0 Å². The molecule has 2 amide bonds. The van der Waals surface area contributed by atoms with Gasteiger partial charge in [-0.2, -0.15) is 0 Å². The summed E-state index contributed by atoms with van der Waals surface area (Å²) in [6.07, 6.45) is 0.625. The third-order valence-electron chi connectivity index (χ3n) is 3.58. The van der Waals surface area contributed by atoms with Crippen LogP contribution in [0.25, 0.3) is 0 Å². The lowest BCUT2D eigenvalue weighted by atomic mass is 10.2. The van der Waals surface area contributed by atoms with Gasteiger partial charge in [-0.1, -0.05) is 19.1 Å². The zero-order valence-electron chi connectivity index (χ0n) is 14.2. The molecule has 0 aliphatic carbocycles. The first-order valence-corrected chi connectivity index (χ1v) is 7.91. The van der Waals surface area contributed by atoms with Gasteiger partial charge in [0.2, 0.25) is 5.91 Å². The number of hydrogen-bond donors (Lipinski definition) is 2. The SMILES string of the molecule is CCOc1ccccc1C(=O)NCC(=O)N(CC(=O)O)C(C)CC. The molecule has 0 radical (unpaired) electrons. The van der Waals surface area contributed by atoms with Gasteiger partial charge < -0.3 is 20.1 Å². The number of nitrogens with one attached hydrogen (secondary N) is 1. The zero-order valence-corrected chi connectivity index (χ0v) is 14.2. The molecule has 0 fully saturated rings. The second kappa shape index (κ2) is 9.54. The van der Waals surface area contributed by atoms with Crippen LogP contribution < -0.4 is 10.1 Å². The first-order valence-electron chi connectivity index (χ1n) is 7.91. The Labute approximate surface area is 141 Å². The van der Waals surface area contributed by atoms with Crippen molar-refractivity contribution >= 4 is 17.8 Å². The maximum Gasteiger partial charge on any atom is 0.323 e. The number of aliphatic carboxylic acids is 1. The zero-order chi connectivity index (χ0) is 18.1. The van der Waals surface area contributed by atoms with E-state index in [-0.39, 0.29) is 19.1 Å². The molecule has 0 aliphatic rings. The minimum atomic E-state index is -1.09. The topological polar surface area (TPSA) is 95.9 Å². The third kappa shape index (κ3) is 5.57. The van der Waals surface area contributed by atoms with Crippen LogP contribution in [0, 0.1) is 0 Å². The fourth-order valence-corrected chi connectivity index (χ4v) is 2.14. The van der Waals surface area contributed by atoms with Crippen LogP contribution in [0.1, 0.15) is 37.6 Å². The smallest absolute Gasteiger partial charge is 0.323 e. The number of nitrogens with zero attached hydrogens (tertiary/aromatic N) is 1. The van der Waals surface area contributed by atoms with E-state index in [1.165, 1.54) is 4.90 Å². The quantitative estimate of drug-likeness (QED) is 0.713. The van der Waals surface area contributed by atoms with Gasteiger partial charge in [0.25, 0.3) is 5.91 Å². The number of para-hydroxylation sites is 1. The number of carboxylic acid groups (broad SMARTS) is 1. The molecular formula is C17H24N2O5. The van der Waals surface area contributed by atoms with Crippen LogP contribution >= 0.6 is 0 Å². The van der Waals surface area contributed by atoms with Crippen LogP contribution in [0.3, 0.4) is 0 Å². The molecule has 1 aromatic carbocycles. The number of hydrogen-bond acceptors (Lipinski definition) is 4. The van der Waals surface area contributed by atoms with Crippen molar-refractivity contribution in [2.24, 2.45) is 0 Å². The largest absolute Gasteiger partial charge is 0.493 e. The Balaban J connectivity index is 2.74. The van der Waals surface area contributed by atoms with Crippen LogP contribution in [0.5, 0.6) is 5.75 Å². The average molecular weight is 336 g/mol. The highest BCUT2D eigenvalue weighted by molar-refractivity contribution is 5.99. The molecule has 1 aromatic rings. The number of ether oxygens (including phenoxy) is 1. The van der Waals surface area contributed by atoms with Gasteiger partial charge in [0, 0.05) is 6.04 Å². The highest BCUT2D eigenvalue weighted by atomic mass is 16.5. The second-order valence-electron chi connectivity index (χ2n) is 5.28. The molecule has 0 saturated heterocycles. The van der Waals surface area contributed by atoms with Crippen molar-refractivity contribution in [3.63, 3.8) is 0 Å². The summed E-state index contributed by atoms with van der Waals surface area (Å²) in [5, 5.41) is 11.5. The standard InChI is InChI=1S/C17H24N2O5/c1-4-12(3)19(11-16(21)22)15(20)10-18-17(23)13-8-6-7-9-14(13)24-5-2/h6-9,12H,4-5,10-11H2,1-3H3,(H,18,23)(H,21,22). The average Bonchev–Trinajstić information content (AvgIpc) is 2.57. The molecule has 0 aliphatic heterocycles. The predicted molar refractivity (Wildman–Crippen MR) is 89.0 cm³/mol. The molecule has 0 spiro atoms. The summed E-state index contributed by atoms with van der Waals surface area (Å²) in [5.74, 6) is -1.52. The molecule has 0 bridgehead atoms. The molecule has 7 heteroatoms. The fourth-order valence-electron chi connectivity index (χ4n) is 2.14. The fraction of sp³-hybridized carbons (Fsp3) is 0.471. The second-order valence-corrected chi connectivity index (χ2v) is 5.28. The molecule has 1 atom stereocenters. The summed E-state index contributed by atoms with van der Waals surface area (Å²) in [4.78, 5) is 36.7. The van der Waals surface area contributed by atoms with Crippen molar-refractivity contribution in [2.75, 3.05) is 19.7 Å². The Kier molecular flexibility index (Phi) is 7.74. The van der Waals surface area contributed by atoms with Crippen LogP contribution in [0.2, 0.25) is 0 Å². The number of rotatable bonds is 9. The third-order valence-corrected chi connectivity index (χ3v) is 3.58. The van der Waals surface area contributed by atoms with Crippen molar-refractivity contribution in [3.8, 4) is 5.75 Å². The van der Waals surface area contributed by atoms with Gasteiger partial charge in [0.15, 0.2) is 0 Å². The Morgan fingerprint density at radius 1 is 1.25 bits per heavy atom. The van der Waals surface area contributed by atoms with E-state index in [2.05, 4.69) is 5.32 Å². The summed E-state index contributed by atoms with van der Waals surface area (Å²) in [6.45, 7) is 5.21. The van der Waals surface area contributed by atoms with E-state index < -0.39 is 17.8 Å². The molecule has 1 unspecified atom stereocenters. The molecule has 24 heavy (non-hydrogen) atoms. The van der Waals surface area contributed by atoms with Gasteiger partial charge in [0.05, 0.1) is 18.7 Å². The Morgan fingerprint density at radius 3 is 2.50 bits per heavy atom. The first kappa shape index (κ1) is 19.5. The van der Waals surface area contributed by atoms with Crippen molar-refractivity contribution in [1.82, 2.24) is 10.2 Å². The lowest BCUT2D eigenvalue weighted by Gasteiger charge is -2.27. The number of carboxylic acids is 1. The Morgan fingerprint density at radius 2 is 1.92 bits per heavy atom. The summed E-state index contributed by atoms with van der Waals surface area (Å²) >= 11 is 0. The van der Waals surface area contributed by atoms with Gasteiger partial charge >= 0.3 is 5.97 Å². The van der Waals surface area contributed by atoms with E-state index in [1.807, 2.05) is 13.8 Å². The van der Waals surface area contributed by atoms with E-state index in [1.54, 1.807) is 31.2 Å². The monoisotopic (exact) mass is 336 g/mol. The molecular weight excluding hydrogens is 312 g/mol. The minimum Gasteiger partial charge on any atom is -0.493 e. The van der Waals surface area contributed by atoms with Crippen LogP contribution in [0.4, 0.5) is 0 Å². The van der Waals surface area contributed by atoms with Gasteiger partial charge in [0.1, 0.15) is 12.3 Å². The van der Waals surface area contributed by atoms with E-state index in [0.717, 1.165) is 0 Å². The van der Waals surface area contributed by atoms with E-state index >= 15 is 0 Å². The van der Waals surface area contributed by atoms with Crippen LogP contribution in [0.15, 0.2) is 24.3 Å². The van der Waals surface area contributed by atoms with Crippen LogP contribution in [-0.4, -0.2) is 53.5 Å². The van der Waals surface area contributed by atoms with E-state index in [0.29, 0.717) is 24.3 Å². The first-order chi connectivity index (χ1) is 11.4. The van der Waals surface area contributed by atoms with Crippen LogP contribution in [-0.2, 0) is 9.59 Å².